The van der Waals surface area contributed by atoms with Gasteiger partial charge in [0.25, 0.3) is 5.91 Å². The van der Waals surface area contributed by atoms with E-state index < -0.39 is 68.6 Å². The van der Waals surface area contributed by atoms with Crippen LogP contribution in [0.25, 0.3) is 0 Å². The van der Waals surface area contributed by atoms with Crippen LogP contribution in [0.4, 0.5) is 4.79 Å². The SMILES string of the molecule is CCCC[C@H](NC(=O)[C@@H]1[C@H]2CCC[C@H]2CN1C(=O)[C@@H](NC(=O)NC1(CS(=O)(=O)N(C)C)CCCCC1)C(C)(C)C)C(=O)C(=O)NCC. The molecule has 1 aliphatic heterocycles. The molecular formula is C33H58N6O7S. The average molecular weight is 683 g/mol. The van der Waals surface area contributed by atoms with Gasteiger partial charge in [-0.3, -0.25) is 19.2 Å². The quantitative estimate of drug-likeness (QED) is 0.204. The molecule has 0 aromatic heterocycles. The first kappa shape index (κ1) is 38.7. The third-order valence-electron chi connectivity index (χ3n) is 10.1. The van der Waals surface area contributed by atoms with Crippen molar-refractivity contribution in [1.82, 2.24) is 30.5 Å². The molecule has 0 aromatic carbocycles. The number of likely N-dealkylation sites (N-methyl/N-ethyl adjacent to an activating group) is 1. The van der Waals surface area contributed by atoms with Gasteiger partial charge in [0.2, 0.25) is 27.6 Å². The number of unbranched alkanes of at least 4 members (excludes halogenated alkanes) is 1. The van der Waals surface area contributed by atoms with Crippen molar-refractivity contribution in [1.29, 1.82) is 0 Å². The number of urea groups is 1. The molecule has 47 heavy (non-hydrogen) atoms. The number of carbonyl (C=O) groups excluding carboxylic acids is 5. The first-order valence-electron chi connectivity index (χ1n) is 17.4. The van der Waals surface area contributed by atoms with Crippen molar-refractivity contribution in [2.24, 2.45) is 17.3 Å². The summed E-state index contributed by atoms with van der Waals surface area (Å²) in [6.45, 7) is 9.82. The third kappa shape index (κ3) is 9.67. The van der Waals surface area contributed by atoms with E-state index in [1.807, 2.05) is 27.7 Å². The molecule has 0 radical (unpaired) electrons. The van der Waals surface area contributed by atoms with Crippen LogP contribution in [-0.2, 0) is 29.2 Å². The summed E-state index contributed by atoms with van der Waals surface area (Å²) < 4.78 is 27.0. The zero-order valence-corrected chi connectivity index (χ0v) is 30.3. The number of ketones is 1. The molecule has 4 N–H and O–H groups in total. The highest BCUT2D eigenvalue weighted by Gasteiger charge is 2.52. The second kappa shape index (κ2) is 16.1. The van der Waals surface area contributed by atoms with E-state index in [1.54, 1.807) is 11.8 Å². The first-order chi connectivity index (χ1) is 22.0. The van der Waals surface area contributed by atoms with E-state index in [4.69, 9.17) is 0 Å². The van der Waals surface area contributed by atoms with E-state index in [0.29, 0.717) is 32.2 Å². The van der Waals surface area contributed by atoms with Gasteiger partial charge in [0.15, 0.2) is 0 Å². The number of likely N-dealkylation sites (tertiary alicyclic amines) is 1. The molecule has 2 aliphatic carbocycles. The van der Waals surface area contributed by atoms with E-state index in [2.05, 4.69) is 21.3 Å². The largest absolute Gasteiger partial charge is 0.350 e. The Morgan fingerprint density at radius 2 is 1.62 bits per heavy atom. The number of rotatable bonds is 14. The Morgan fingerprint density at radius 1 is 0.957 bits per heavy atom. The van der Waals surface area contributed by atoms with Crippen molar-refractivity contribution in [3.05, 3.63) is 0 Å². The molecule has 5 atom stereocenters. The van der Waals surface area contributed by atoms with Gasteiger partial charge in [0.05, 0.1) is 17.3 Å². The van der Waals surface area contributed by atoms with Crippen LogP contribution in [0.15, 0.2) is 0 Å². The van der Waals surface area contributed by atoms with Gasteiger partial charge in [-0.25, -0.2) is 17.5 Å². The summed E-state index contributed by atoms with van der Waals surface area (Å²) in [5.41, 5.74) is -1.71. The minimum absolute atomic E-state index is 0.0958. The second-order valence-corrected chi connectivity index (χ2v) is 17.2. The summed E-state index contributed by atoms with van der Waals surface area (Å²) >= 11 is 0. The van der Waals surface area contributed by atoms with E-state index in [9.17, 15) is 32.4 Å². The maximum Gasteiger partial charge on any atom is 0.315 e. The smallest absolute Gasteiger partial charge is 0.315 e. The van der Waals surface area contributed by atoms with E-state index in [0.717, 1.165) is 49.3 Å². The second-order valence-electron chi connectivity index (χ2n) is 15.0. The summed E-state index contributed by atoms with van der Waals surface area (Å²) in [5.74, 6) is -2.53. The standard InChI is InChI=1S/C33H58N6O7S/c1-8-10-17-24(26(40)29(42)34-9-2)35-28(41)25-23-16-14-15-22(23)20-39(25)30(43)27(32(3,4)5)36-31(44)37-33(18-12-11-13-19-33)21-47(45,46)38(6)7/h22-25,27H,8-21H2,1-7H3,(H,34,42)(H,35,41)(H2,36,37,44)/t22-,23-,24-,25-,27+/m0/s1. The van der Waals surface area contributed by atoms with Gasteiger partial charge in [0, 0.05) is 27.2 Å². The number of nitrogens with zero attached hydrogens (tertiary/aromatic N) is 2. The van der Waals surface area contributed by atoms with Gasteiger partial charge in [0.1, 0.15) is 12.1 Å². The minimum Gasteiger partial charge on any atom is -0.350 e. The molecule has 3 rings (SSSR count). The predicted molar refractivity (Wildman–Crippen MR) is 180 cm³/mol. The number of nitrogens with one attached hydrogen (secondary N) is 4. The Labute approximate surface area is 281 Å². The van der Waals surface area contributed by atoms with E-state index in [-0.39, 0.29) is 24.1 Å². The molecule has 0 unspecified atom stereocenters. The van der Waals surface area contributed by atoms with Crippen molar-refractivity contribution in [2.75, 3.05) is 32.9 Å². The zero-order chi connectivity index (χ0) is 35.2. The molecule has 1 heterocycles. The van der Waals surface area contributed by atoms with Crippen molar-refractivity contribution >= 4 is 39.6 Å². The monoisotopic (exact) mass is 682 g/mol. The highest BCUT2D eigenvalue weighted by Crippen LogP contribution is 2.43. The fraction of sp³-hybridized carbons (Fsp3) is 0.848. The molecule has 13 nitrogen and oxygen atoms in total. The molecule has 0 spiro atoms. The van der Waals surface area contributed by atoms with Gasteiger partial charge >= 0.3 is 6.03 Å². The Bertz CT molecular complexity index is 1260. The predicted octanol–water partition coefficient (Wildman–Crippen LogP) is 2.30. The molecule has 14 heteroatoms. The van der Waals surface area contributed by atoms with Gasteiger partial charge in [-0.05, 0) is 56.3 Å². The van der Waals surface area contributed by atoms with Gasteiger partial charge in [-0.15, -0.1) is 0 Å². The molecule has 3 aliphatic rings. The normalized spacial score (nSPS) is 23.8. The number of carbonyl (C=O) groups is 5. The lowest BCUT2D eigenvalue weighted by Crippen LogP contribution is -2.63. The van der Waals surface area contributed by atoms with Crippen molar-refractivity contribution < 1.29 is 32.4 Å². The van der Waals surface area contributed by atoms with Crippen molar-refractivity contribution in [3.63, 3.8) is 0 Å². The fourth-order valence-corrected chi connectivity index (χ4v) is 8.76. The Balaban J connectivity index is 1.86. The Morgan fingerprint density at radius 3 is 2.19 bits per heavy atom. The van der Waals surface area contributed by atoms with Crippen molar-refractivity contribution in [2.45, 2.75) is 129 Å². The Kier molecular flexibility index (Phi) is 13.3. The van der Waals surface area contributed by atoms with E-state index >= 15 is 0 Å². The minimum atomic E-state index is -3.62. The number of hydrogen-bond donors (Lipinski definition) is 4. The molecule has 0 bridgehead atoms. The number of hydrogen-bond acceptors (Lipinski definition) is 7. The molecule has 3 fully saturated rings. The lowest BCUT2D eigenvalue weighted by atomic mass is 9.83. The number of fused-ring (bicyclic) bond motifs is 1. The maximum atomic E-state index is 14.4. The summed E-state index contributed by atoms with van der Waals surface area (Å²) in [6, 6.07) is -3.48. The first-order valence-corrected chi connectivity index (χ1v) is 19.0. The van der Waals surface area contributed by atoms with Crippen LogP contribution in [0.5, 0.6) is 0 Å². The average Bonchev–Trinajstić information content (AvgIpc) is 3.58. The lowest BCUT2D eigenvalue weighted by molar-refractivity contribution is -0.144. The van der Waals surface area contributed by atoms with Crippen LogP contribution in [0.2, 0.25) is 0 Å². The van der Waals surface area contributed by atoms with Crippen LogP contribution in [0.3, 0.4) is 0 Å². The van der Waals surface area contributed by atoms with Crippen molar-refractivity contribution in [3.8, 4) is 0 Å². The summed E-state index contributed by atoms with van der Waals surface area (Å²) in [6.07, 6.45) is 7.80. The molecule has 2 saturated carbocycles. The maximum absolute atomic E-state index is 14.4. The topological polar surface area (TPSA) is 174 Å². The lowest BCUT2D eigenvalue weighted by Gasteiger charge is -2.40. The summed E-state index contributed by atoms with van der Waals surface area (Å²) in [4.78, 5) is 69.0. The number of Topliss-reactive ketones (excluding diaryl/α,β-unsaturated/α-hetero) is 1. The van der Waals surface area contributed by atoms with Crippen LogP contribution in [0, 0.1) is 17.3 Å². The number of sulfonamides is 1. The van der Waals surface area contributed by atoms with Crippen LogP contribution < -0.4 is 21.3 Å². The Hall–Kier alpha value is -2.74. The molecular weight excluding hydrogens is 624 g/mol. The van der Waals surface area contributed by atoms with Crippen LogP contribution >= 0.6 is 0 Å². The zero-order valence-electron chi connectivity index (χ0n) is 29.4. The van der Waals surface area contributed by atoms with Gasteiger partial charge < -0.3 is 26.2 Å². The summed E-state index contributed by atoms with van der Waals surface area (Å²) in [5, 5.41) is 11.2. The molecule has 5 amide bonds. The van der Waals surface area contributed by atoms with E-state index in [1.165, 1.54) is 14.1 Å². The fourth-order valence-electron chi connectivity index (χ4n) is 7.44. The van der Waals surface area contributed by atoms with Crippen LogP contribution in [-0.4, -0.2) is 104 Å². The highest BCUT2D eigenvalue weighted by molar-refractivity contribution is 7.89. The number of amides is 5. The third-order valence-corrected chi connectivity index (χ3v) is 12.1. The van der Waals surface area contributed by atoms with Gasteiger partial charge in [-0.2, -0.15) is 0 Å². The summed E-state index contributed by atoms with van der Waals surface area (Å²) in [7, 11) is -0.678. The molecule has 268 valence electrons. The molecule has 0 aromatic rings. The van der Waals surface area contributed by atoms with Gasteiger partial charge in [-0.1, -0.05) is 66.2 Å². The van der Waals surface area contributed by atoms with Crippen LogP contribution in [0.1, 0.15) is 105 Å². The highest BCUT2D eigenvalue weighted by atomic mass is 32.2. The molecule has 1 saturated heterocycles.